The molecule has 5 heteroatoms. The first-order valence-electron chi connectivity index (χ1n) is 6.62. The molecule has 0 aliphatic carbocycles. The SMILES string of the molecule is CC(C)(C)N/N=C(\c1cccc(Br)c1)c1ncccc1O. The average molecular weight is 348 g/mol. The number of aromatic nitrogens is 1. The van der Waals surface area contributed by atoms with Crippen molar-refractivity contribution in [3.63, 3.8) is 0 Å². The molecule has 1 aromatic heterocycles. The number of benzene rings is 1. The van der Waals surface area contributed by atoms with E-state index in [9.17, 15) is 5.11 Å². The van der Waals surface area contributed by atoms with Gasteiger partial charge in [0.05, 0.1) is 0 Å². The second-order valence-electron chi connectivity index (χ2n) is 5.70. The van der Waals surface area contributed by atoms with E-state index in [0.29, 0.717) is 11.4 Å². The zero-order valence-electron chi connectivity index (χ0n) is 12.3. The molecule has 0 spiro atoms. The lowest BCUT2D eigenvalue weighted by Gasteiger charge is -2.19. The number of hydrazone groups is 1. The lowest BCUT2D eigenvalue weighted by atomic mass is 10.1. The fourth-order valence-electron chi connectivity index (χ4n) is 1.69. The van der Waals surface area contributed by atoms with E-state index in [1.54, 1.807) is 18.3 Å². The summed E-state index contributed by atoms with van der Waals surface area (Å²) in [5.74, 6) is 0.104. The Balaban J connectivity index is 2.52. The number of halogens is 1. The van der Waals surface area contributed by atoms with Crippen molar-refractivity contribution in [3.05, 3.63) is 58.3 Å². The van der Waals surface area contributed by atoms with Gasteiger partial charge < -0.3 is 10.5 Å². The van der Waals surface area contributed by atoms with Gasteiger partial charge in [-0.15, -0.1) is 0 Å². The van der Waals surface area contributed by atoms with E-state index >= 15 is 0 Å². The molecule has 0 fully saturated rings. The Morgan fingerprint density at radius 1 is 1.24 bits per heavy atom. The minimum Gasteiger partial charge on any atom is -0.506 e. The van der Waals surface area contributed by atoms with Crippen LogP contribution in [-0.2, 0) is 0 Å². The standard InChI is InChI=1S/C16H18BrN3O/c1-16(2,3)20-19-14(11-6-4-7-12(17)10-11)15-13(21)8-5-9-18-15/h4-10,20-21H,1-3H3/b19-14+. The van der Waals surface area contributed by atoms with Crippen LogP contribution in [0.5, 0.6) is 5.75 Å². The average Bonchev–Trinajstić information content (AvgIpc) is 2.40. The van der Waals surface area contributed by atoms with Gasteiger partial charge in [-0.1, -0.05) is 28.1 Å². The molecule has 0 bridgehead atoms. The maximum absolute atomic E-state index is 10.1. The van der Waals surface area contributed by atoms with Crippen LogP contribution in [0.25, 0.3) is 0 Å². The number of hydrogen-bond acceptors (Lipinski definition) is 4. The first-order chi connectivity index (χ1) is 9.87. The second-order valence-corrected chi connectivity index (χ2v) is 6.62. The van der Waals surface area contributed by atoms with Crippen molar-refractivity contribution in [2.45, 2.75) is 26.3 Å². The fourth-order valence-corrected chi connectivity index (χ4v) is 2.09. The van der Waals surface area contributed by atoms with Crippen LogP contribution in [0.3, 0.4) is 0 Å². The van der Waals surface area contributed by atoms with E-state index < -0.39 is 0 Å². The van der Waals surface area contributed by atoms with E-state index in [1.807, 2.05) is 45.0 Å². The van der Waals surface area contributed by atoms with Crippen LogP contribution in [0.15, 0.2) is 52.2 Å². The number of nitrogens with zero attached hydrogens (tertiary/aromatic N) is 2. The first kappa shape index (κ1) is 15.5. The van der Waals surface area contributed by atoms with Crippen molar-refractivity contribution in [3.8, 4) is 5.75 Å². The molecular weight excluding hydrogens is 330 g/mol. The summed E-state index contributed by atoms with van der Waals surface area (Å²) in [5, 5.41) is 14.5. The molecule has 0 saturated carbocycles. The largest absolute Gasteiger partial charge is 0.506 e. The molecule has 2 N–H and O–H groups in total. The smallest absolute Gasteiger partial charge is 0.143 e. The highest BCUT2D eigenvalue weighted by atomic mass is 79.9. The fraction of sp³-hybridized carbons (Fsp3) is 0.250. The van der Waals surface area contributed by atoms with E-state index in [1.165, 1.54) is 0 Å². The molecule has 4 nitrogen and oxygen atoms in total. The van der Waals surface area contributed by atoms with E-state index in [4.69, 9.17) is 0 Å². The number of aromatic hydroxyl groups is 1. The molecule has 0 aliphatic rings. The summed E-state index contributed by atoms with van der Waals surface area (Å²) in [6.07, 6.45) is 1.64. The Morgan fingerprint density at radius 2 is 2.00 bits per heavy atom. The molecule has 110 valence electrons. The third-order valence-electron chi connectivity index (χ3n) is 2.61. The highest BCUT2D eigenvalue weighted by Crippen LogP contribution is 2.20. The van der Waals surface area contributed by atoms with Gasteiger partial charge >= 0.3 is 0 Å². The maximum atomic E-state index is 10.1. The highest BCUT2D eigenvalue weighted by Gasteiger charge is 2.15. The molecule has 21 heavy (non-hydrogen) atoms. The van der Waals surface area contributed by atoms with Crippen LogP contribution in [-0.4, -0.2) is 21.3 Å². The van der Waals surface area contributed by atoms with Crippen molar-refractivity contribution in [1.82, 2.24) is 10.4 Å². The van der Waals surface area contributed by atoms with Crippen LogP contribution in [0, 0.1) is 0 Å². The quantitative estimate of drug-likeness (QED) is 0.657. The van der Waals surface area contributed by atoms with Crippen LogP contribution < -0.4 is 5.43 Å². The van der Waals surface area contributed by atoms with Gasteiger partial charge in [-0.3, -0.25) is 4.98 Å². The molecule has 1 aromatic carbocycles. The molecule has 1 heterocycles. The van der Waals surface area contributed by atoms with E-state index in [2.05, 4.69) is 31.4 Å². The van der Waals surface area contributed by atoms with Crippen molar-refractivity contribution in [2.75, 3.05) is 0 Å². The summed E-state index contributed by atoms with van der Waals surface area (Å²) in [6, 6.07) is 11.0. The van der Waals surface area contributed by atoms with Crippen molar-refractivity contribution in [1.29, 1.82) is 0 Å². The maximum Gasteiger partial charge on any atom is 0.143 e. The molecule has 0 amide bonds. The summed E-state index contributed by atoms with van der Waals surface area (Å²) in [6.45, 7) is 6.06. The summed E-state index contributed by atoms with van der Waals surface area (Å²) < 4.78 is 0.943. The van der Waals surface area contributed by atoms with Crippen molar-refractivity contribution < 1.29 is 5.11 Å². The Bertz CT molecular complexity index is 663. The third-order valence-corrected chi connectivity index (χ3v) is 3.11. The van der Waals surface area contributed by atoms with Gasteiger partial charge in [0.2, 0.25) is 0 Å². The number of hydrogen-bond donors (Lipinski definition) is 2. The Morgan fingerprint density at radius 3 is 2.62 bits per heavy atom. The number of pyridine rings is 1. The topological polar surface area (TPSA) is 57.5 Å². The zero-order valence-corrected chi connectivity index (χ0v) is 13.8. The molecule has 2 aromatic rings. The van der Waals surface area contributed by atoms with Gasteiger partial charge in [0, 0.05) is 21.8 Å². The lowest BCUT2D eigenvalue weighted by molar-refractivity contribution is 0.440. The Hall–Kier alpha value is -1.88. The summed E-state index contributed by atoms with van der Waals surface area (Å²) in [5.41, 5.74) is 4.83. The van der Waals surface area contributed by atoms with Crippen LogP contribution in [0.1, 0.15) is 32.0 Å². The predicted octanol–water partition coefficient (Wildman–Crippen LogP) is 3.69. The minimum absolute atomic E-state index is 0.104. The van der Waals surface area contributed by atoms with E-state index in [0.717, 1.165) is 10.0 Å². The summed E-state index contributed by atoms with van der Waals surface area (Å²) >= 11 is 3.45. The Kier molecular flexibility index (Phi) is 4.63. The molecule has 0 saturated heterocycles. The number of nitrogens with one attached hydrogen (secondary N) is 1. The van der Waals surface area contributed by atoms with Gasteiger partial charge in [0.15, 0.2) is 0 Å². The predicted molar refractivity (Wildman–Crippen MR) is 88.6 cm³/mol. The normalized spacial score (nSPS) is 12.3. The van der Waals surface area contributed by atoms with E-state index in [-0.39, 0.29) is 11.3 Å². The van der Waals surface area contributed by atoms with Gasteiger partial charge in [0.1, 0.15) is 17.2 Å². The molecule has 0 aliphatic heterocycles. The van der Waals surface area contributed by atoms with Crippen LogP contribution in [0.2, 0.25) is 0 Å². The lowest BCUT2D eigenvalue weighted by Crippen LogP contribution is -2.32. The molecule has 0 unspecified atom stereocenters. The second kappa shape index (κ2) is 6.26. The molecule has 0 radical (unpaired) electrons. The third kappa shape index (κ3) is 4.29. The van der Waals surface area contributed by atoms with Gasteiger partial charge in [-0.05, 0) is 45.0 Å². The van der Waals surface area contributed by atoms with Gasteiger partial charge in [-0.2, -0.15) is 5.10 Å². The monoisotopic (exact) mass is 347 g/mol. The first-order valence-corrected chi connectivity index (χ1v) is 7.41. The highest BCUT2D eigenvalue weighted by molar-refractivity contribution is 9.10. The van der Waals surface area contributed by atoms with Gasteiger partial charge in [-0.25, -0.2) is 0 Å². The summed E-state index contributed by atoms with van der Waals surface area (Å²) in [7, 11) is 0. The molecule has 2 rings (SSSR count). The van der Waals surface area contributed by atoms with Crippen molar-refractivity contribution in [2.24, 2.45) is 5.10 Å². The zero-order chi connectivity index (χ0) is 15.5. The van der Waals surface area contributed by atoms with Crippen LogP contribution >= 0.6 is 15.9 Å². The Labute approximate surface area is 133 Å². The van der Waals surface area contributed by atoms with Gasteiger partial charge in [0.25, 0.3) is 0 Å². The molecule has 0 atom stereocenters. The summed E-state index contributed by atoms with van der Waals surface area (Å²) in [4.78, 5) is 4.25. The number of rotatable bonds is 3. The minimum atomic E-state index is -0.179. The molecular formula is C16H18BrN3O. The van der Waals surface area contributed by atoms with Crippen molar-refractivity contribution >= 4 is 21.6 Å². The van der Waals surface area contributed by atoms with Crippen LogP contribution in [0.4, 0.5) is 0 Å².